The Labute approximate surface area is 801 Å². The zero-order chi connectivity index (χ0) is 93.5. The second-order valence-corrected chi connectivity index (χ2v) is 31.7. The van der Waals surface area contributed by atoms with Gasteiger partial charge in [-0.25, -0.2) is 24.0 Å². The molecule has 0 heterocycles. The van der Waals surface area contributed by atoms with Crippen LogP contribution >= 0.6 is 136 Å². The molecule has 0 bridgehead atoms. The number of aromatic carboxylic acids is 2. The topological polar surface area (TPSA) is 378 Å². The van der Waals surface area contributed by atoms with E-state index in [1.54, 1.807) is 48.5 Å². The van der Waals surface area contributed by atoms with E-state index in [0.717, 1.165) is 84.2 Å². The number of alkyl halides is 1. The number of hydrogen-bond acceptors (Lipinski definition) is 19. The lowest BCUT2D eigenvalue weighted by Gasteiger charge is -2.12. The standard InChI is InChI=1S/C28H29Cl2NO4.C19H21BrClNO2.C8H8BClO4.C8H10BrN.2C8H7ClO3.C7H5ClO3.C4H9I.CH4O.CH4/c1-2-3-4-5-16-35-26-13-11-22(29)18-24(26)27(32)31-15-14-19-6-8-20(9-7-19)21-10-12-23(28(33)34)25(30)17-21;1-2-3-12-24-18-9-8-16(21)13-17(18)19(23)22-11-10-14-4-6-15(20)7-5-14;1-14-8(11)6-3-2-5(9(12)13)4-7(6)10;9-8-3-1-7(2-4-8)5-6-10;2*1-12-8(11)6-4-5(9)2-3-7(6)10;8-4-1-2-6(9)5(3-4)7(10)11;1-2-3-4-5;1-2;/h6-13,17-18H,2-5,14-16H2,1H3,(H,31,32)(H,33,34);4-9,13H,2-3,10-12H2,1H3,(H,22,23);2-4,12-13H,1H3;1-4H,5-6,10H2;2*2-4,10H,1H3;1-3,9H,(H,10,11);2-4H2,1H3;2H,1H3;1H4. The molecule has 0 saturated carbocycles. The minimum atomic E-state index is -1.60. The summed E-state index contributed by atoms with van der Waals surface area (Å²) in [5.41, 5.74) is 12.0. The first-order valence-corrected chi connectivity index (χ1v) is 44.3. The normalized spacial score (nSPS) is 9.85. The van der Waals surface area contributed by atoms with Crippen LogP contribution in [0.1, 0.15) is 169 Å². The number of aromatic hydroxyl groups is 3. The van der Waals surface area contributed by atoms with Gasteiger partial charge in [-0.1, -0.05) is 257 Å². The summed E-state index contributed by atoms with van der Waals surface area (Å²) in [4.78, 5) is 79.7. The molecule has 10 rings (SSSR count). The minimum Gasteiger partial charge on any atom is -0.507 e. The van der Waals surface area contributed by atoms with Crippen LogP contribution in [0.4, 0.5) is 0 Å². The largest absolute Gasteiger partial charge is 0.507 e. The first-order chi connectivity index (χ1) is 59.7. The maximum atomic E-state index is 12.8. The van der Waals surface area contributed by atoms with Crippen molar-refractivity contribution in [2.24, 2.45) is 5.73 Å². The van der Waals surface area contributed by atoms with Crippen LogP contribution in [-0.2, 0) is 33.5 Å². The molecule has 126 heavy (non-hydrogen) atoms. The Morgan fingerprint density at radius 1 is 0.405 bits per heavy atom. The van der Waals surface area contributed by atoms with Crippen molar-refractivity contribution in [3.63, 3.8) is 0 Å². The molecule has 12 N–H and O–H groups in total. The van der Waals surface area contributed by atoms with Crippen molar-refractivity contribution in [1.29, 1.82) is 0 Å². The number of rotatable bonds is 29. The van der Waals surface area contributed by atoms with Gasteiger partial charge in [0.2, 0.25) is 0 Å². The van der Waals surface area contributed by atoms with E-state index in [1.807, 2.05) is 60.7 Å². The average Bonchev–Trinajstić information content (AvgIpc) is 0.849. The fourth-order valence-electron chi connectivity index (χ4n) is 10.0. The fourth-order valence-corrected chi connectivity index (χ4v) is 12.7. The molecule has 10 aromatic rings. The zero-order valence-electron chi connectivity index (χ0n) is 69.5. The first-order valence-electron chi connectivity index (χ1n) is 38.5. The van der Waals surface area contributed by atoms with Gasteiger partial charge in [0, 0.05) is 54.3 Å². The van der Waals surface area contributed by atoms with Gasteiger partial charge in [0.15, 0.2) is 0 Å². The highest BCUT2D eigenvalue weighted by Gasteiger charge is 2.20. The molecule has 0 aliphatic carbocycles. The number of benzene rings is 10. The highest BCUT2D eigenvalue weighted by molar-refractivity contribution is 14.1. The number of halogens is 10. The van der Waals surface area contributed by atoms with Crippen molar-refractivity contribution in [1.82, 2.24) is 10.6 Å². The Bertz CT molecular complexity index is 4930. The van der Waals surface area contributed by atoms with Crippen LogP contribution in [-0.4, -0.2) is 155 Å². The number of esters is 3. The van der Waals surface area contributed by atoms with Crippen LogP contribution in [0, 0.1) is 0 Å². The second kappa shape index (κ2) is 65.6. The molecular weight excluding hydrogens is 2010 g/mol. The van der Waals surface area contributed by atoms with Crippen molar-refractivity contribution in [2.45, 2.75) is 98.8 Å². The highest BCUT2D eigenvalue weighted by Crippen LogP contribution is 2.30. The Kier molecular flexibility index (Phi) is 60.0. The third kappa shape index (κ3) is 44.7. The van der Waals surface area contributed by atoms with E-state index in [1.165, 1.54) is 135 Å². The van der Waals surface area contributed by atoms with Crippen molar-refractivity contribution >= 4 is 190 Å². The number of nitrogens with one attached hydrogen (secondary N) is 2. The van der Waals surface area contributed by atoms with Crippen molar-refractivity contribution < 1.29 is 97.9 Å². The third-order valence-electron chi connectivity index (χ3n) is 16.6. The number of amides is 2. The summed E-state index contributed by atoms with van der Waals surface area (Å²) >= 11 is 49.8. The molecular formula is C92H104BBr2Cl7IN3O20. The van der Waals surface area contributed by atoms with Gasteiger partial charge >= 0.3 is 37.0 Å². The molecule has 0 aliphatic heterocycles. The molecule has 0 aromatic heterocycles. The quantitative estimate of drug-likeness (QED) is 0.00518. The summed E-state index contributed by atoms with van der Waals surface area (Å²) in [7, 11) is 3.12. The fraction of sp³-hybridized carbons (Fsp3) is 0.272. The molecule has 2 amide bonds. The number of carbonyl (C=O) groups excluding carboxylic acids is 5. The SMILES string of the molecule is C.CCCCCCOc1ccc(Cl)cc1C(=O)NCCc1ccc(-c2ccc(C(=O)O)c(Cl)c2)cc1.CCCCI.CCCCOc1ccc(Cl)cc1C(=O)NCCc1ccc(Br)cc1.CO.COC(=O)c1cc(Cl)ccc1O.COC(=O)c1cc(Cl)ccc1O.COC(=O)c1ccc(B(O)O)cc1Cl.NCCc1ccc(Br)cc1.O=C(O)c1cc(Cl)ccc1O. The predicted molar refractivity (Wildman–Crippen MR) is 520 cm³/mol. The predicted octanol–water partition coefficient (Wildman–Crippen LogP) is 22.2. The third-order valence-corrected chi connectivity index (χ3v) is 20.2. The lowest BCUT2D eigenvalue weighted by Crippen LogP contribution is -2.29. The number of aliphatic hydroxyl groups is 1. The number of hydrogen-bond donors (Lipinski definition) is 11. The first kappa shape index (κ1) is 115. The lowest BCUT2D eigenvalue weighted by molar-refractivity contribution is 0.0588. The Hall–Kier alpha value is -8.89. The van der Waals surface area contributed by atoms with Crippen LogP contribution in [0.25, 0.3) is 11.1 Å². The van der Waals surface area contributed by atoms with Gasteiger partial charge in [-0.05, 0) is 222 Å². The second-order valence-electron chi connectivity index (χ2n) is 25.8. The van der Waals surface area contributed by atoms with E-state index in [0.29, 0.717) is 80.5 Å². The Morgan fingerprint density at radius 2 is 0.754 bits per heavy atom. The van der Waals surface area contributed by atoms with Crippen molar-refractivity contribution in [3.05, 3.63) is 300 Å². The van der Waals surface area contributed by atoms with Gasteiger partial charge < -0.3 is 80.7 Å². The maximum absolute atomic E-state index is 12.8. The van der Waals surface area contributed by atoms with E-state index in [-0.39, 0.29) is 79.8 Å². The van der Waals surface area contributed by atoms with Gasteiger partial charge in [0.25, 0.3) is 11.8 Å². The summed E-state index contributed by atoms with van der Waals surface area (Å²) in [6.07, 6.45) is 11.5. The van der Waals surface area contributed by atoms with E-state index in [9.17, 15) is 43.8 Å². The molecule has 0 fully saturated rings. The van der Waals surface area contributed by atoms with Crippen molar-refractivity contribution in [3.8, 4) is 39.9 Å². The maximum Gasteiger partial charge on any atom is 0.488 e. The molecule has 0 unspecified atom stereocenters. The molecule has 680 valence electrons. The number of methoxy groups -OCH3 is 3. The number of unbranched alkanes of at least 4 members (excludes halogenated alkanes) is 5. The molecule has 0 atom stereocenters. The highest BCUT2D eigenvalue weighted by atomic mass is 127. The number of phenols is 3. The summed E-state index contributed by atoms with van der Waals surface area (Å²) < 4.78 is 28.3. The van der Waals surface area contributed by atoms with E-state index >= 15 is 0 Å². The number of nitrogens with two attached hydrogens (primary N) is 1. The van der Waals surface area contributed by atoms with E-state index in [4.69, 9.17) is 127 Å². The molecule has 0 radical (unpaired) electrons. The number of carboxylic acid groups (broad SMARTS) is 2. The molecule has 10 aromatic carbocycles. The summed E-state index contributed by atoms with van der Waals surface area (Å²) in [5.74, 6) is -3.82. The van der Waals surface area contributed by atoms with Gasteiger partial charge in [-0.15, -0.1) is 0 Å². The molecule has 34 heteroatoms. The van der Waals surface area contributed by atoms with Gasteiger partial charge in [0.05, 0.1) is 66.8 Å². The van der Waals surface area contributed by atoms with Crippen LogP contribution < -0.4 is 31.3 Å². The number of carboxylic acids is 2. The number of aliphatic hydroxyl groups excluding tert-OH is 1. The van der Waals surface area contributed by atoms with Crippen LogP contribution in [0.5, 0.6) is 28.7 Å². The monoisotopic (exact) mass is 2110 g/mol. The number of phenolic OH excluding ortho intramolecular Hbond substituents is 2. The van der Waals surface area contributed by atoms with E-state index in [2.05, 4.69) is 112 Å². The molecule has 0 saturated heterocycles. The van der Waals surface area contributed by atoms with Gasteiger partial charge in [0.1, 0.15) is 45.4 Å². The Balaban J connectivity index is 0.000000762. The zero-order valence-corrected chi connectivity index (χ0v) is 80.1. The minimum absolute atomic E-state index is 0. The number of ether oxygens (including phenoxy) is 5. The number of carbonyl (C=O) groups is 7. The van der Waals surface area contributed by atoms with Gasteiger partial charge in [-0.3, -0.25) is 9.59 Å². The lowest BCUT2D eigenvalue weighted by atomic mass is 9.80. The van der Waals surface area contributed by atoms with Gasteiger partial charge in [-0.2, -0.15) is 0 Å². The molecule has 0 aliphatic rings. The van der Waals surface area contributed by atoms with Crippen molar-refractivity contribution in [2.75, 3.05) is 65.7 Å². The molecule has 0 spiro atoms. The summed E-state index contributed by atoms with van der Waals surface area (Å²) in [5, 5.41) is 77.8. The van der Waals surface area contributed by atoms with E-state index < -0.39 is 37.0 Å². The molecule has 23 nitrogen and oxygen atoms in total. The average molecular weight is 2120 g/mol. The van der Waals surface area contributed by atoms with Crippen LogP contribution in [0.2, 0.25) is 35.2 Å². The summed E-state index contributed by atoms with van der Waals surface area (Å²) in [6, 6.07) is 55.6. The van der Waals surface area contributed by atoms with Crippen LogP contribution in [0.15, 0.2) is 209 Å². The Morgan fingerprint density at radius 3 is 1.11 bits per heavy atom. The summed E-state index contributed by atoms with van der Waals surface area (Å²) in [6.45, 7) is 9.37. The smallest absolute Gasteiger partial charge is 0.488 e. The van der Waals surface area contributed by atoms with Crippen LogP contribution in [0.3, 0.4) is 0 Å².